The van der Waals surface area contributed by atoms with Gasteiger partial charge in [0.2, 0.25) is 5.89 Å². The van der Waals surface area contributed by atoms with Gasteiger partial charge >= 0.3 is 5.51 Å². The summed E-state index contributed by atoms with van der Waals surface area (Å²) in [7, 11) is -5.67. The lowest BCUT2D eigenvalue weighted by Gasteiger charge is -2.33. The van der Waals surface area contributed by atoms with Gasteiger partial charge in [0.15, 0.2) is 5.82 Å². The highest BCUT2D eigenvalue weighted by molar-refractivity contribution is 7.92. The quantitative estimate of drug-likeness (QED) is 0.703. The molecular formula is C17H17F4N3O3S. The average Bonchev–Trinajstić information content (AvgIpc) is 3.38. The minimum absolute atomic E-state index is 0.0179. The number of anilines is 1. The molecule has 2 aromatic rings. The third-order valence-electron chi connectivity index (χ3n) is 5.10. The maximum Gasteiger partial charge on any atom is 0.501 e. The first-order chi connectivity index (χ1) is 13.2. The summed E-state index contributed by atoms with van der Waals surface area (Å²) in [5, 5.41) is 4.00. The zero-order valence-electron chi connectivity index (χ0n) is 14.6. The van der Waals surface area contributed by atoms with Crippen molar-refractivity contribution in [3.63, 3.8) is 0 Å². The molecule has 1 aromatic carbocycles. The van der Waals surface area contributed by atoms with Gasteiger partial charge in [0.05, 0.1) is 5.69 Å². The molecule has 0 unspecified atom stereocenters. The molecule has 1 saturated carbocycles. The molecule has 0 atom stereocenters. The number of alkyl halides is 3. The fourth-order valence-electron chi connectivity index (χ4n) is 3.38. The van der Waals surface area contributed by atoms with Crippen LogP contribution in [0.15, 0.2) is 27.6 Å². The number of sulfone groups is 1. The number of nitrogens with zero attached hydrogens (tertiary/aromatic N) is 3. The van der Waals surface area contributed by atoms with Crippen molar-refractivity contribution in [2.45, 2.75) is 47.9 Å². The van der Waals surface area contributed by atoms with Gasteiger partial charge in [-0.25, -0.2) is 12.8 Å². The lowest BCUT2D eigenvalue weighted by Crippen LogP contribution is -2.35. The van der Waals surface area contributed by atoms with Crippen molar-refractivity contribution in [2.75, 3.05) is 18.0 Å². The van der Waals surface area contributed by atoms with Gasteiger partial charge in [-0.15, -0.1) is 0 Å². The van der Waals surface area contributed by atoms with E-state index in [0.717, 1.165) is 25.0 Å². The number of aromatic nitrogens is 2. The van der Waals surface area contributed by atoms with E-state index in [9.17, 15) is 26.0 Å². The molecular weight excluding hydrogens is 402 g/mol. The maximum atomic E-state index is 13.5. The lowest BCUT2D eigenvalue weighted by atomic mass is 9.96. The first-order valence-electron chi connectivity index (χ1n) is 8.86. The molecule has 152 valence electrons. The molecule has 0 spiro atoms. The van der Waals surface area contributed by atoms with Crippen molar-refractivity contribution in [2.24, 2.45) is 0 Å². The second kappa shape index (κ2) is 6.71. The first kappa shape index (κ1) is 19.2. The summed E-state index contributed by atoms with van der Waals surface area (Å²) in [6.07, 6.45) is 3.10. The summed E-state index contributed by atoms with van der Waals surface area (Å²) >= 11 is 0. The van der Waals surface area contributed by atoms with Crippen molar-refractivity contribution in [3.05, 3.63) is 35.7 Å². The second-order valence-electron chi connectivity index (χ2n) is 7.09. The van der Waals surface area contributed by atoms with E-state index < -0.39 is 26.1 Å². The van der Waals surface area contributed by atoms with Crippen LogP contribution in [0.5, 0.6) is 0 Å². The van der Waals surface area contributed by atoms with Crippen LogP contribution in [0.3, 0.4) is 0 Å². The Hall–Kier alpha value is -2.17. The highest BCUT2D eigenvalue weighted by atomic mass is 32.2. The average molecular weight is 419 g/mol. The molecule has 4 rings (SSSR count). The Labute approximate surface area is 158 Å². The summed E-state index contributed by atoms with van der Waals surface area (Å²) in [5.74, 6) is 0.463. The Bertz CT molecular complexity index is 978. The van der Waals surface area contributed by atoms with Crippen LogP contribution >= 0.6 is 0 Å². The fourth-order valence-corrected chi connectivity index (χ4v) is 4.37. The number of benzene rings is 1. The van der Waals surface area contributed by atoms with Gasteiger partial charge in [-0.1, -0.05) is 5.16 Å². The SMILES string of the molecule is O=S(=O)(c1cc(F)ccc1N1CCC(c2noc(C3CC3)n2)CC1)C(F)(F)F. The van der Waals surface area contributed by atoms with Gasteiger partial charge in [0, 0.05) is 24.9 Å². The van der Waals surface area contributed by atoms with E-state index in [0.29, 0.717) is 49.6 Å². The molecule has 0 N–H and O–H groups in total. The van der Waals surface area contributed by atoms with E-state index in [1.165, 1.54) is 4.90 Å². The smallest absolute Gasteiger partial charge is 0.370 e. The molecule has 11 heteroatoms. The van der Waals surface area contributed by atoms with Crippen molar-refractivity contribution in [1.82, 2.24) is 10.1 Å². The van der Waals surface area contributed by atoms with Crippen molar-refractivity contribution in [1.29, 1.82) is 0 Å². The van der Waals surface area contributed by atoms with E-state index in [1.807, 2.05) is 0 Å². The molecule has 0 radical (unpaired) electrons. The Balaban J connectivity index is 1.54. The summed E-state index contributed by atoms with van der Waals surface area (Å²) in [6, 6.07) is 2.46. The van der Waals surface area contributed by atoms with E-state index in [4.69, 9.17) is 4.52 Å². The van der Waals surface area contributed by atoms with Crippen molar-refractivity contribution < 1.29 is 30.5 Å². The second-order valence-corrected chi connectivity index (χ2v) is 9.00. The molecule has 2 heterocycles. The minimum Gasteiger partial charge on any atom is -0.370 e. The highest BCUT2D eigenvalue weighted by Crippen LogP contribution is 2.41. The zero-order valence-corrected chi connectivity index (χ0v) is 15.4. The third-order valence-corrected chi connectivity index (χ3v) is 6.62. The number of hydrogen-bond acceptors (Lipinski definition) is 6. The van der Waals surface area contributed by atoms with Gasteiger partial charge in [-0.05, 0) is 43.9 Å². The maximum absolute atomic E-state index is 13.5. The first-order valence-corrected chi connectivity index (χ1v) is 10.3. The van der Waals surface area contributed by atoms with E-state index >= 15 is 0 Å². The van der Waals surface area contributed by atoms with E-state index in [-0.39, 0.29) is 11.6 Å². The van der Waals surface area contributed by atoms with E-state index in [1.54, 1.807) is 0 Å². The molecule has 0 amide bonds. The summed E-state index contributed by atoms with van der Waals surface area (Å²) in [5.41, 5.74) is -5.65. The Morgan fingerprint density at radius 1 is 1.07 bits per heavy atom. The zero-order chi connectivity index (χ0) is 20.1. The standard InChI is InChI=1S/C17H17F4N3O3S/c18-12-3-4-13(14(9-12)28(25,26)17(19,20)21)24-7-5-10(6-8-24)15-22-16(27-23-15)11-1-2-11/h3-4,9-11H,1-2,5-8H2. The number of rotatable bonds is 4. The van der Waals surface area contributed by atoms with Crippen LogP contribution in [0.25, 0.3) is 0 Å². The molecule has 1 saturated heterocycles. The largest absolute Gasteiger partial charge is 0.501 e. The number of hydrogen-bond donors (Lipinski definition) is 0. The van der Waals surface area contributed by atoms with Crippen LogP contribution < -0.4 is 4.90 Å². The van der Waals surface area contributed by atoms with Crippen LogP contribution in [-0.4, -0.2) is 37.2 Å². The Morgan fingerprint density at radius 3 is 2.36 bits per heavy atom. The van der Waals surface area contributed by atoms with Crippen LogP contribution in [0.2, 0.25) is 0 Å². The molecule has 28 heavy (non-hydrogen) atoms. The molecule has 1 aliphatic heterocycles. The predicted octanol–water partition coefficient (Wildman–Crippen LogP) is 3.76. The highest BCUT2D eigenvalue weighted by Gasteiger charge is 2.48. The molecule has 2 aliphatic rings. The number of piperidine rings is 1. The third kappa shape index (κ3) is 3.47. The van der Waals surface area contributed by atoms with Crippen LogP contribution in [0, 0.1) is 5.82 Å². The fraction of sp³-hybridized carbons (Fsp3) is 0.529. The normalized spacial score (nSPS) is 19.2. The number of halogens is 4. The lowest BCUT2D eigenvalue weighted by molar-refractivity contribution is -0.0435. The molecule has 1 aromatic heterocycles. The van der Waals surface area contributed by atoms with Gasteiger partial charge in [-0.2, -0.15) is 18.2 Å². The predicted molar refractivity (Wildman–Crippen MR) is 90.1 cm³/mol. The molecule has 2 fully saturated rings. The van der Waals surface area contributed by atoms with Crippen LogP contribution in [0.4, 0.5) is 23.2 Å². The van der Waals surface area contributed by atoms with Crippen LogP contribution in [0.1, 0.15) is 49.2 Å². The van der Waals surface area contributed by atoms with E-state index in [2.05, 4.69) is 10.1 Å². The van der Waals surface area contributed by atoms with Gasteiger partial charge in [0.25, 0.3) is 9.84 Å². The van der Waals surface area contributed by atoms with Gasteiger partial charge in [-0.3, -0.25) is 0 Å². The summed E-state index contributed by atoms with van der Waals surface area (Å²) in [4.78, 5) is 4.87. The molecule has 0 bridgehead atoms. The summed E-state index contributed by atoms with van der Waals surface area (Å²) in [6.45, 7) is 0.591. The van der Waals surface area contributed by atoms with Crippen molar-refractivity contribution in [3.8, 4) is 0 Å². The Kier molecular flexibility index (Phi) is 4.59. The minimum atomic E-state index is -5.67. The topological polar surface area (TPSA) is 76.3 Å². The van der Waals surface area contributed by atoms with Crippen molar-refractivity contribution >= 4 is 15.5 Å². The summed E-state index contributed by atoms with van der Waals surface area (Å²) < 4.78 is 81.5. The molecule has 6 nitrogen and oxygen atoms in total. The molecule has 1 aliphatic carbocycles. The van der Waals surface area contributed by atoms with Gasteiger partial charge in [0.1, 0.15) is 10.7 Å². The Morgan fingerprint density at radius 2 is 1.75 bits per heavy atom. The monoisotopic (exact) mass is 419 g/mol. The van der Waals surface area contributed by atoms with Crippen LogP contribution in [-0.2, 0) is 9.84 Å². The van der Waals surface area contributed by atoms with Gasteiger partial charge < -0.3 is 9.42 Å².